The number of carbonyl (C=O) groups is 1. The van der Waals surface area contributed by atoms with Crippen LogP contribution in [-0.4, -0.2) is 34.3 Å². The lowest BCUT2D eigenvalue weighted by atomic mass is 9.77. The predicted molar refractivity (Wildman–Crippen MR) is 172 cm³/mol. The molecule has 0 aromatic heterocycles. The lowest BCUT2D eigenvalue weighted by molar-refractivity contribution is -0.438. The van der Waals surface area contributed by atoms with Crippen molar-refractivity contribution in [3.8, 4) is 24.7 Å². The second-order valence-electron chi connectivity index (χ2n) is 12.5. The number of para-hydroxylation sites is 2. The Morgan fingerprint density at radius 3 is 2.19 bits per heavy atom. The first-order chi connectivity index (χ1) is 20.1. The fraction of sp³-hybridized carbons (Fsp3) is 0.368. The zero-order valence-corrected chi connectivity index (χ0v) is 25.3. The number of unbranched alkanes of at least 4 members (excludes halogenated alkanes) is 4. The first kappa shape index (κ1) is 29.2. The third kappa shape index (κ3) is 4.90. The van der Waals surface area contributed by atoms with Crippen molar-refractivity contribution in [1.29, 1.82) is 0 Å². The van der Waals surface area contributed by atoms with Gasteiger partial charge in [-0.25, -0.2) is 0 Å². The number of allylic oxidation sites excluding steroid dienone is 5. The third-order valence-corrected chi connectivity index (χ3v) is 9.07. The van der Waals surface area contributed by atoms with E-state index in [1.165, 1.54) is 11.1 Å². The minimum absolute atomic E-state index is 0.0677. The van der Waals surface area contributed by atoms with Gasteiger partial charge in [-0.15, -0.1) is 24.7 Å². The maximum absolute atomic E-state index is 13.7. The normalized spacial score (nSPS) is 20.0. The van der Waals surface area contributed by atoms with Crippen molar-refractivity contribution in [1.82, 2.24) is 0 Å². The van der Waals surface area contributed by atoms with Crippen LogP contribution in [0.1, 0.15) is 77.3 Å². The molecule has 0 radical (unpaired) electrons. The van der Waals surface area contributed by atoms with Crippen LogP contribution in [0.4, 0.5) is 11.4 Å². The standard InChI is InChI=1S/C38H40N2O2/c1-7-9-11-17-23-39-31-21-15-13-19-29(31)37(3,4)33(39)25-27-35(41)28(36(27)42)26-34-38(5,6)30-20-14-16-22-32(30)40(34)24-18-12-10-8-2/h1-2,13-16,19-22,25-26H,9-12,17-18,23-24H2,3-6H3/p+1. The average molecular weight is 558 g/mol. The molecule has 0 bridgehead atoms. The minimum atomic E-state index is -0.311. The molecule has 2 heterocycles. The van der Waals surface area contributed by atoms with Crippen molar-refractivity contribution in [2.24, 2.45) is 0 Å². The van der Waals surface area contributed by atoms with Gasteiger partial charge in [0.05, 0.1) is 16.6 Å². The van der Waals surface area contributed by atoms with Crippen LogP contribution in [0.3, 0.4) is 0 Å². The molecule has 42 heavy (non-hydrogen) atoms. The molecule has 0 unspecified atom stereocenters. The summed E-state index contributed by atoms with van der Waals surface area (Å²) in [7, 11) is 0. The molecule has 2 aliphatic heterocycles. The molecule has 0 spiro atoms. The summed E-state index contributed by atoms with van der Waals surface area (Å²) < 4.78 is 2.30. The average Bonchev–Trinajstić information content (AvgIpc) is 3.33. The summed E-state index contributed by atoms with van der Waals surface area (Å²) in [6.45, 7) is 10.3. The molecule has 1 aliphatic carbocycles. The minimum Gasteiger partial charge on any atom is -0.506 e. The second-order valence-corrected chi connectivity index (χ2v) is 12.5. The molecule has 0 amide bonds. The van der Waals surface area contributed by atoms with Crippen molar-refractivity contribution in [3.63, 3.8) is 0 Å². The predicted octanol–water partition coefficient (Wildman–Crippen LogP) is 7.67. The molecule has 4 nitrogen and oxygen atoms in total. The number of benzene rings is 2. The zero-order valence-electron chi connectivity index (χ0n) is 25.3. The van der Waals surface area contributed by atoms with E-state index in [1.807, 2.05) is 12.2 Å². The van der Waals surface area contributed by atoms with E-state index in [0.29, 0.717) is 11.1 Å². The van der Waals surface area contributed by atoms with Gasteiger partial charge in [-0.2, -0.15) is 4.58 Å². The lowest BCUT2D eigenvalue weighted by Crippen LogP contribution is -2.32. The topological polar surface area (TPSA) is 43.5 Å². The Bertz CT molecular complexity index is 1630. The van der Waals surface area contributed by atoms with Gasteiger partial charge < -0.3 is 10.0 Å². The van der Waals surface area contributed by atoms with Gasteiger partial charge in [-0.05, 0) is 50.8 Å². The van der Waals surface area contributed by atoms with Crippen LogP contribution in [-0.2, 0) is 15.6 Å². The molecule has 0 saturated carbocycles. The number of aliphatic hydroxyl groups excluding tert-OH is 1. The fourth-order valence-corrected chi connectivity index (χ4v) is 6.66. The van der Waals surface area contributed by atoms with E-state index in [9.17, 15) is 9.90 Å². The van der Waals surface area contributed by atoms with Crippen LogP contribution in [0.25, 0.3) is 0 Å². The van der Waals surface area contributed by atoms with E-state index in [4.69, 9.17) is 12.8 Å². The summed E-state index contributed by atoms with van der Waals surface area (Å²) in [4.78, 5) is 16.0. The van der Waals surface area contributed by atoms with Gasteiger partial charge >= 0.3 is 0 Å². The first-order valence-electron chi connectivity index (χ1n) is 15.0. The van der Waals surface area contributed by atoms with Gasteiger partial charge in [0.15, 0.2) is 5.71 Å². The number of terminal acetylenes is 2. The largest absolute Gasteiger partial charge is 0.506 e. The fourth-order valence-electron chi connectivity index (χ4n) is 6.66. The summed E-state index contributed by atoms with van der Waals surface area (Å²) >= 11 is 0. The molecule has 1 N–H and O–H groups in total. The Balaban J connectivity index is 1.52. The van der Waals surface area contributed by atoms with Crippen LogP contribution < -0.4 is 4.90 Å². The van der Waals surface area contributed by atoms with E-state index in [1.54, 1.807) is 0 Å². The summed E-state index contributed by atoms with van der Waals surface area (Å²) in [6.07, 6.45) is 20.1. The van der Waals surface area contributed by atoms with Gasteiger partial charge in [0.25, 0.3) is 0 Å². The molecule has 0 atom stereocenters. The van der Waals surface area contributed by atoms with Crippen molar-refractivity contribution in [2.45, 2.75) is 77.0 Å². The molecule has 5 rings (SSSR count). The molecule has 2 aromatic carbocycles. The molecule has 0 fully saturated rings. The number of Topliss-reactive ketones (excluding diaryl/α,β-unsaturated/α-hetero) is 1. The number of hydrogen-bond donors (Lipinski definition) is 1. The maximum Gasteiger partial charge on any atom is 0.209 e. The first-order valence-corrected chi connectivity index (χ1v) is 15.0. The molecule has 3 aliphatic rings. The number of ketones is 1. The van der Waals surface area contributed by atoms with Crippen LogP contribution >= 0.6 is 0 Å². The van der Waals surface area contributed by atoms with E-state index in [2.05, 4.69) is 97.5 Å². The molecule has 0 saturated heterocycles. The number of anilines is 1. The van der Waals surface area contributed by atoms with Crippen LogP contribution in [0, 0.1) is 24.7 Å². The SMILES string of the molecule is C#CCCCCN1C(=CC2=C(O)C(=CC3=[N+](CCCCC#C)c4ccccc4C3(C)C)C2=O)C(C)(C)c2ccccc21. The van der Waals surface area contributed by atoms with Crippen LogP contribution in [0.5, 0.6) is 0 Å². The maximum atomic E-state index is 13.7. The quantitative estimate of drug-likeness (QED) is 0.141. The Morgan fingerprint density at radius 2 is 1.50 bits per heavy atom. The monoisotopic (exact) mass is 557 g/mol. The Morgan fingerprint density at radius 1 is 0.857 bits per heavy atom. The lowest BCUT2D eigenvalue weighted by Gasteiger charge is -2.29. The molecule has 214 valence electrons. The Kier molecular flexibility index (Phi) is 8.03. The second kappa shape index (κ2) is 11.5. The number of aliphatic hydroxyl groups is 1. The van der Waals surface area contributed by atoms with E-state index < -0.39 is 0 Å². The smallest absolute Gasteiger partial charge is 0.209 e. The summed E-state index contributed by atoms with van der Waals surface area (Å²) in [5.74, 6) is 5.41. The Hall–Kier alpha value is -4.28. The van der Waals surface area contributed by atoms with Gasteiger partial charge in [-0.1, -0.05) is 50.2 Å². The van der Waals surface area contributed by atoms with Crippen LogP contribution in [0.15, 0.2) is 83.3 Å². The highest BCUT2D eigenvalue weighted by molar-refractivity contribution is 6.24. The third-order valence-electron chi connectivity index (χ3n) is 9.07. The Labute approximate surface area is 251 Å². The van der Waals surface area contributed by atoms with E-state index in [0.717, 1.165) is 74.4 Å². The van der Waals surface area contributed by atoms with Crippen LogP contribution in [0.2, 0.25) is 0 Å². The molecule has 4 heteroatoms. The molecular weight excluding hydrogens is 516 g/mol. The number of nitrogens with zero attached hydrogens (tertiary/aromatic N) is 2. The van der Waals surface area contributed by atoms with Gasteiger partial charge in [-0.3, -0.25) is 4.79 Å². The van der Waals surface area contributed by atoms with Crippen molar-refractivity contribution in [2.75, 3.05) is 18.0 Å². The highest BCUT2D eigenvalue weighted by Crippen LogP contribution is 2.49. The van der Waals surface area contributed by atoms with Gasteiger partial charge in [0, 0.05) is 60.3 Å². The van der Waals surface area contributed by atoms with E-state index >= 15 is 0 Å². The summed E-state index contributed by atoms with van der Waals surface area (Å²) in [5, 5.41) is 11.3. The van der Waals surface area contributed by atoms with Gasteiger partial charge in [0.1, 0.15) is 12.3 Å². The van der Waals surface area contributed by atoms with Gasteiger partial charge in [0.2, 0.25) is 11.5 Å². The number of carbonyl (C=O) groups excluding carboxylic acids is 1. The molecule has 2 aromatic rings. The van der Waals surface area contributed by atoms with Crippen molar-refractivity contribution >= 4 is 22.9 Å². The van der Waals surface area contributed by atoms with E-state index in [-0.39, 0.29) is 22.4 Å². The molecular formula is C38H41N2O2+. The van der Waals surface area contributed by atoms with Crippen molar-refractivity contribution < 1.29 is 14.5 Å². The van der Waals surface area contributed by atoms with Crippen molar-refractivity contribution in [3.05, 3.63) is 94.4 Å². The highest BCUT2D eigenvalue weighted by atomic mass is 16.3. The number of rotatable bonds is 10. The summed E-state index contributed by atoms with van der Waals surface area (Å²) in [6, 6.07) is 16.8. The highest BCUT2D eigenvalue weighted by Gasteiger charge is 2.47. The number of hydrogen-bond acceptors (Lipinski definition) is 3. The summed E-state index contributed by atoms with van der Waals surface area (Å²) in [5.41, 5.74) is 6.92. The zero-order chi connectivity index (χ0) is 30.1. The number of fused-ring (bicyclic) bond motifs is 2.